The van der Waals surface area contributed by atoms with Crippen LogP contribution in [0.4, 0.5) is 0 Å². The SMILES string of the molecule is CC=c1ccc(-c2nc3cc(C)c(C(OC(C)(C)C)C(=O)O)c(-c4ccc(Cl)cc4)c3s2)cc1=C(C)C. The summed E-state index contributed by atoms with van der Waals surface area (Å²) in [7, 11) is 0. The lowest BCUT2D eigenvalue weighted by molar-refractivity contribution is -0.160. The molecule has 0 fully saturated rings. The number of carbonyl (C=O) groups is 1. The molecule has 1 atom stereocenters. The number of ether oxygens (including phenoxy) is 1. The number of aromatic nitrogens is 1. The number of thiazole rings is 1. The van der Waals surface area contributed by atoms with E-state index in [1.807, 2.05) is 65.0 Å². The Balaban J connectivity index is 2.06. The third kappa shape index (κ3) is 5.64. The molecule has 1 unspecified atom stereocenters. The summed E-state index contributed by atoms with van der Waals surface area (Å²) in [6.07, 6.45) is 0.976. The maximum Gasteiger partial charge on any atom is 0.337 e. The number of aliphatic carboxylic acids is 1. The lowest BCUT2D eigenvalue weighted by atomic mass is 9.91. The first-order valence-corrected chi connectivity index (χ1v) is 13.4. The Morgan fingerprint density at radius 1 is 1.08 bits per heavy atom. The molecule has 0 saturated carbocycles. The Morgan fingerprint density at radius 3 is 2.30 bits per heavy atom. The molecule has 0 spiro atoms. The van der Waals surface area contributed by atoms with Crippen molar-refractivity contribution in [3.63, 3.8) is 0 Å². The molecule has 1 N–H and O–H groups in total. The molecule has 4 rings (SSSR count). The van der Waals surface area contributed by atoms with Gasteiger partial charge in [-0.05, 0) is 94.3 Å². The zero-order valence-electron chi connectivity index (χ0n) is 22.3. The molecule has 4 nitrogen and oxygen atoms in total. The minimum atomic E-state index is -1.14. The quantitative estimate of drug-likeness (QED) is 0.288. The van der Waals surface area contributed by atoms with Crippen molar-refractivity contribution in [2.24, 2.45) is 0 Å². The van der Waals surface area contributed by atoms with E-state index < -0.39 is 17.7 Å². The van der Waals surface area contributed by atoms with Crippen LogP contribution in [0, 0.1) is 6.92 Å². The van der Waals surface area contributed by atoms with E-state index in [1.54, 1.807) is 11.3 Å². The number of fused-ring (bicyclic) bond motifs is 1. The summed E-state index contributed by atoms with van der Waals surface area (Å²) in [5, 5.41) is 14.1. The molecular weight excluding hydrogens is 502 g/mol. The number of carboxylic acid groups (broad SMARTS) is 1. The van der Waals surface area contributed by atoms with E-state index in [0.29, 0.717) is 10.6 Å². The fourth-order valence-corrected chi connectivity index (χ4v) is 5.78. The molecule has 6 heteroatoms. The van der Waals surface area contributed by atoms with Gasteiger partial charge in [-0.1, -0.05) is 47.5 Å². The van der Waals surface area contributed by atoms with E-state index in [9.17, 15) is 9.90 Å². The molecule has 0 aliphatic heterocycles. The number of rotatable bonds is 5. The normalized spacial score (nSPS) is 13.2. The van der Waals surface area contributed by atoms with Gasteiger partial charge in [0.2, 0.25) is 0 Å². The van der Waals surface area contributed by atoms with Gasteiger partial charge in [-0.25, -0.2) is 9.78 Å². The molecule has 0 radical (unpaired) electrons. The van der Waals surface area contributed by atoms with Gasteiger partial charge in [0.15, 0.2) is 6.10 Å². The van der Waals surface area contributed by atoms with Gasteiger partial charge in [0.25, 0.3) is 0 Å². The monoisotopic (exact) mass is 533 g/mol. The highest BCUT2D eigenvalue weighted by Gasteiger charge is 2.32. The smallest absolute Gasteiger partial charge is 0.337 e. The number of hydrogen-bond acceptors (Lipinski definition) is 4. The van der Waals surface area contributed by atoms with Crippen LogP contribution in [-0.4, -0.2) is 21.7 Å². The number of aryl methyl sites for hydroxylation is 1. The summed E-state index contributed by atoms with van der Waals surface area (Å²) in [4.78, 5) is 17.5. The van der Waals surface area contributed by atoms with E-state index >= 15 is 0 Å². The average Bonchev–Trinajstić information content (AvgIpc) is 3.25. The first-order valence-electron chi connectivity index (χ1n) is 12.2. The van der Waals surface area contributed by atoms with Crippen LogP contribution in [0.2, 0.25) is 5.02 Å². The molecule has 3 aromatic carbocycles. The van der Waals surface area contributed by atoms with Crippen LogP contribution in [-0.2, 0) is 9.53 Å². The van der Waals surface area contributed by atoms with Crippen LogP contribution in [0.25, 0.3) is 43.6 Å². The van der Waals surface area contributed by atoms with Crippen molar-refractivity contribution in [3.8, 4) is 21.7 Å². The molecule has 1 aromatic heterocycles. The number of halogens is 1. The van der Waals surface area contributed by atoms with Crippen molar-refractivity contribution < 1.29 is 14.6 Å². The topological polar surface area (TPSA) is 59.4 Å². The number of benzene rings is 3. The lowest BCUT2D eigenvalue weighted by Gasteiger charge is -2.28. The number of hydrogen-bond donors (Lipinski definition) is 1. The van der Waals surface area contributed by atoms with Gasteiger partial charge in [0.1, 0.15) is 5.01 Å². The minimum Gasteiger partial charge on any atom is -0.479 e. The standard InChI is InChI=1S/C31H32ClNO3S/c1-8-19-9-10-21(16-23(19)17(2)3)29-33-24-15-18(4)25(27(30(34)35)36-31(5,6)7)26(28(24)37-29)20-11-13-22(32)14-12-20/h8-16,27H,1-7H3,(H,34,35). The largest absolute Gasteiger partial charge is 0.479 e. The third-order valence-corrected chi connectivity index (χ3v) is 7.56. The molecule has 4 aromatic rings. The van der Waals surface area contributed by atoms with Crippen LogP contribution in [0.1, 0.15) is 58.8 Å². The molecule has 0 bridgehead atoms. The maximum atomic E-state index is 12.5. The highest BCUT2D eigenvalue weighted by atomic mass is 35.5. The van der Waals surface area contributed by atoms with Gasteiger partial charge in [0.05, 0.1) is 15.8 Å². The predicted octanol–water partition coefficient (Wildman–Crippen LogP) is 7.52. The molecule has 0 aliphatic rings. The van der Waals surface area contributed by atoms with Gasteiger partial charge in [0, 0.05) is 21.7 Å². The van der Waals surface area contributed by atoms with Gasteiger partial charge in [-0.3, -0.25) is 0 Å². The number of carboxylic acids is 1. The van der Waals surface area contributed by atoms with Crippen molar-refractivity contribution in [3.05, 3.63) is 75.1 Å². The summed E-state index contributed by atoms with van der Waals surface area (Å²) >= 11 is 7.77. The highest BCUT2D eigenvalue weighted by molar-refractivity contribution is 7.22. The van der Waals surface area contributed by atoms with E-state index in [4.69, 9.17) is 21.3 Å². The minimum absolute atomic E-state index is 0.617. The van der Waals surface area contributed by atoms with Crippen LogP contribution in [0.15, 0.2) is 48.5 Å². The summed E-state index contributed by atoms with van der Waals surface area (Å²) < 4.78 is 7.04. The van der Waals surface area contributed by atoms with Crippen LogP contribution in [0.3, 0.4) is 0 Å². The van der Waals surface area contributed by atoms with Gasteiger partial charge in [-0.2, -0.15) is 0 Å². The molecular formula is C31H32ClNO3S. The van der Waals surface area contributed by atoms with E-state index in [0.717, 1.165) is 37.5 Å². The Kier molecular flexibility index (Phi) is 7.61. The molecule has 37 heavy (non-hydrogen) atoms. The van der Waals surface area contributed by atoms with E-state index in [2.05, 4.69) is 38.1 Å². The zero-order chi connectivity index (χ0) is 27.1. The van der Waals surface area contributed by atoms with Crippen LogP contribution in [0.5, 0.6) is 0 Å². The van der Waals surface area contributed by atoms with Crippen LogP contribution >= 0.6 is 22.9 Å². The second kappa shape index (κ2) is 10.4. The highest BCUT2D eigenvalue weighted by Crippen LogP contribution is 2.44. The summed E-state index contributed by atoms with van der Waals surface area (Å²) in [5.41, 5.74) is 5.61. The molecule has 1 heterocycles. The van der Waals surface area contributed by atoms with Gasteiger partial charge in [-0.15, -0.1) is 11.3 Å². The van der Waals surface area contributed by atoms with Gasteiger partial charge >= 0.3 is 5.97 Å². The van der Waals surface area contributed by atoms with E-state index in [1.165, 1.54) is 16.0 Å². The Hall–Kier alpha value is -2.99. The second-order valence-electron chi connectivity index (χ2n) is 10.4. The van der Waals surface area contributed by atoms with Crippen molar-refractivity contribution in [1.82, 2.24) is 4.98 Å². The first-order chi connectivity index (χ1) is 17.4. The third-order valence-electron chi connectivity index (χ3n) is 6.17. The Bertz CT molecular complexity index is 1610. The van der Waals surface area contributed by atoms with Crippen molar-refractivity contribution in [2.45, 2.75) is 60.2 Å². The molecule has 0 aliphatic carbocycles. The molecule has 0 saturated heterocycles. The van der Waals surface area contributed by atoms with Crippen molar-refractivity contribution >= 4 is 50.8 Å². The maximum absolute atomic E-state index is 12.5. The summed E-state index contributed by atoms with van der Waals surface area (Å²) in [6, 6.07) is 15.9. The molecule has 0 amide bonds. The lowest BCUT2D eigenvalue weighted by Crippen LogP contribution is -2.28. The van der Waals surface area contributed by atoms with Gasteiger partial charge < -0.3 is 9.84 Å². The van der Waals surface area contributed by atoms with Crippen molar-refractivity contribution in [1.29, 1.82) is 0 Å². The van der Waals surface area contributed by atoms with Crippen molar-refractivity contribution in [2.75, 3.05) is 0 Å². The zero-order valence-corrected chi connectivity index (χ0v) is 23.8. The summed E-state index contributed by atoms with van der Waals surface area (Å²) in [6.45, 7) is 13.8. The average molecular weight is 534 g/mol. The Morgan fingerprint density at radius 2 is 1.73 bits per heavy atom. The summed E-state index contributed by atoms with van der Waals surface area (Å²) in [5.74, 6) is -1.03. The molecule has 192 valence electrons. The first kappa shape index (κ1) is 27.1. The second-order valence-corrected chi connectivity index (χ2v) is 11.8. The Labute approximate surface area is 226 Å². The predicted molar refractivity (Wildman–Crippen MR) is 156 cm³/mol. The fraction of sp³-hybridized carbons (Fsp3) is 0.290. The van der Waals surface area contributed by atoms with Crippen LogP contribution < -0.4 is 10.4 Å². The number of nitrogens with zero attached hydrogens (tertiary/aromatic N) is 1. The fourth-order valence-electron chi connectivity index (χ4n) is 4.54. The van der Waals surface area contributed by atoms with E-state index in [-0.39, 0.29) is 0 Å².